The summed E-state index contributed by atoms with van der Waals surface area (Å²) in [6, 6.07) is 1.85. The van der Waals surface area contributed by atoms with Gasteiger partial charge in [-0.25, -0.2) is 4.98 Å². The van der Waals surface area contributed by atoms with Crippen LogP contribution in [0.1, 0.15) is 5.56 Å². The van der Waals surface area contributed by atoms with E-state index in [2.05, 4.69) is 22.3 Å². The van der Waals surface area contributed by atoms with E-state index < -0.39 is 0 Å². The Balaban J connectivity index is 2.80. The zero-order valence-electron chi connectivity index (χ0n) is 7.34. The fourth-order valence-electron chi connectivity index (χ4n) is 1.26. The largest absolute Gasteiger partial charge is 0.392 e. The number of hydrogen-bond acceptors (Lipinski definition) is 2. The molecule has 3 nitrogen and oxygen atoms in total. The minimum atomic E-state index is 0.408. The van der Waals surface area contributed by atoms with E-state index in [9.17, 15) is 0 Å². The SMILES string of the molecule is C=C=C(N)c1cnc2[nH]ccc2c1Cl. The summed E-state index contributed by atoms with van der Waals surface area (Å²) in [5.41, 5.74) is 10.1. The number of nitrogens with two attached hydrogens (primary N) is 1. The van der Waals surface area contributed by atoms with Gasteiger partial charge in [0.15, 0.2) is 0 Å². The summed E-state index contributed by atoms with van der Waals surface area (Å²) >= 11 is 6.13. The molecule has 2 aromatic rings. The molecule has 3 N–H and O–H groups in total. The molecule has 0 atom stereocenters. The van der Waals surface area contributed by atoms with E-state index in [4.69, 9.17) is 17.3 Å². The number of rotatable bonds is 1. The molecule has 0 unspecified atom stereocenters. The Hall–Kier alpha value is -1.70. The zero-order chi connectivity index (χ0) is 10.1. The Morgan fingerprint density at radius 2 is 2.43 bits per heavy atom. The molecule has 14 heavy (non-hydrogen) atoms. The normalized spacial score (nSPS) is 10.1. The lowest BCUT2D eigenvalue weighted by molar-refractivity contribution is 1.31. The maximum atomic E-state index is 6.13. The van der Waals surface area contributed by atoms with E-state index in [1.54, 1.807) is 12.4 Å². The lowest BCUT2D eigenvalue weighted by Gasteiger charge is -2.02. The highest BCUT2D eigenvalue weighted by Crippen LogP contribution is 2.27. The molecular formula is C10H8ClN3. The van der Waals surface area contributed by atoms with Crippen molar-refractivity contribution in [2.45, 2.75) is 0 Å². The van der Waals surface area contributed by atoms with Crippen LogP contribution in [0, 0.1) is 0 Å². The van der Waals surface area contributed by atoms with E-state index in [-0.39, 0.29) is 0 Å². The van der Waals surface area contributed by atoms with Crippen molar-refractivity contribution >= 4 is 28.3 Å². The molecule has 0 fully saturated rings. The molecule has 0 aliphatic heterocycles. The lowest BCUT2D eigenvalue weighted by atomic mass is 10.2. The van der Waals surface area contributed by atoms with Gasteiger partial charge in [-0.15, -0.1) is 5.73 Å². The first-order valence-corrected chi connectivity index (χ1v) is 4.39. The average molecular weight is 206 g/mol. The number of pyridine rings is 1. The van der Waals surface area contributed by atoms with Gasteiger partial charge in [0.1, 0.15) is 5.65 Å². The Bertz CT molecular complexity index is 535. The number of fused-ring (bicyclic) bond motifs is 1. The predicted octanol–water partition coefficient (Wildman–Crippen LogP) is 2.30. The van der Waals surface area contributed by atoms with E-state index in [0.29, 0.717) is 16.3 Å². The van der Waals surface area contributed by atoms with Crippen molar-refractivity contribution < 1.29 is 0 Å². The number of nitrogens with one attached hydrogen (secondary N) is 1. The molecule has 0 amide bonds. The molecular weight excluding hydrogens is 198 g/mol. The van der Waals surface area contributed by atoms with Crippen LogP contribution in [0.4, 0.5) is 0 Å². The first-order valence-electron chi connectivity index (χ1n) is 4.01. The molecule has 2 heterocycles. The fourth-order valence-corrected chi connectivity index (χ4v) is 1.56. The maximum Gasteiger partial charge on any atom is 0.138 e. The molecule has 0 radical (unpaired) electrons. The van der Waals surface area contributed by atoms with Crippen LogP contribution in [-0.4, -0.2) is 9.97 Å². The number of hydrogen-bond donors (Lipinski definition) is 2. The summed E-state index contributed by atoms with van der Waals surface area (Å²) < 4.78 is 0. The van der Waals surface area contributed by atoms with Gasteiger partial charge < -0.3 is 10.7 Å². The average Bonchev–Trinajstić information content (AvgIpc) is 2.66. The van der Waals surface area contributed by atoms with Crippen molar-refractivity contribution in [3.05, 3.63) is 41.4 Å². The standard InChI is InChI=1S/C10H8ClN3/c1-2-8(12)7-5-14-10-6(9(7)11)3-4-13-10/h3-5H,1,12H2,(H,13,14). The molecule has 0 aromatic carbocycles. The molecule has 2 aromatic heterocycles. The highest BCUT2D eigenvalue weighted by Gasteiger charge is 2.08. The van der Waals surface area contributed by atoms with Gasteiger partial charge in [0.25, 0.3) is 0 Å². The summed E-state index contributed by atoms with van der Waals surface area (Å²) in [6.07, 6.45) is 3.38. The van der Waals surface area contributed by atoms with Gasteiger partial charge in [0, 0.05) is 23.3 Å². The van der Waals surface area contributed by atoms with E-state index in [1.165, 1.54) is 0 Å². The summed E-state index contributed by atoms with van der Waals surface area (Å²) in [5.74, 6) is 0. The van der Waals surface area contributed by atoms with Crippen molar-refractivity contribution in [3.63, 3.8) is 0 Å². The smallest absolute Gasteiger partial charge is 0.138 e. The Morgan fingerprint density at radius 1 is 1.64 bits per heavy atom. The second-order valence-electron chi connectivity index (χ2n) is 2.82. The first kappa shape index (κ1) is 8.88. The minimum absolute atomic E-state index is 0.408. The van der Waals surface area contributed by atoms with Crippen molar-refractivity contribution in [2.75, 3.05) is 0 Å². The maximum absolute atomic E-state index is 6.13. The van der Waals surface area contributed by atoms with Gasteiger partial charge in [-0.1, -0.05) is 18.2 Å². The van der Waals surface area contributed by atoms with E-state index in [0.717, 1.165) is 11.0 Å². The van der Waals surface area contributed by atoms with Crippen LogP contribution in [0.2, 0.25) is 5.02 Å². The molecule has 4 heteroatoms. The van der Waals surface area contributed by atoms with Crippen molar-refractivity contribution in [3.8, 4) is 0 Å². The van der Waals surface area contributed by atoms with Crippen LogP contribution < -0.4 is 5.73 Å². The summed E-state index contributed by atoms with van der Waals surface area (Å²) in [6.45, 7) is 3.46. The minimum Gasteiger partial charge on any atom is -0.392 e. The van der Waals surface area contributed by atoms with Crippen LogP contribution in [-0.2, 0) is 0 Å². The van der Waals surface area contributed by atoms with Gasteiger partial charge in [-0.2, -0.15) is 0 Å². The number of nitrogens with zero attached hydrogens (tertiary/aromatic N) is 1. The third-order valence-corrected chi connectivity index (χ3v) is 2.41. The second kappa shape index (κ2) is 3.22. The highest BCUT2D eigenvalue weighted by molar-refractivity contribution is 6.36. The lowest BCUT2D eigenvalue weighted by Crippen LogP contribution is -1.96. The third-order valence-electron chi connectivity index (χ3n) is 2.00. The Morgan fingerprint density at radius 3 is 3.14 bits per heavy atom. The Labute approximate surface area is 85.9 Å². The van der Waals surface area contributed by atoms with Crippen LogP contribution >= 0.6 is 11.6 Å². The molecule has 0 spiro atoms. The number of halogens is 1. The van der Waals surface area contributed by atoms with Gasteiger partial charge in [-0.3, -0.25) is 0 Å². The number of aromatic amines is 1. The summed E-state index contributed by atoms with van der Waals surface area (Å²) in [7, 11) is 0. The quantitative estimate of drug-likeness (QED) is 0.702. The van der Waals surface area contributed by atoms with Gasteiger partial charge in [0.05, 0.1) is 10.7 Å². The van der Waals surface area contributed by atoms with E-state index in [1.807, 2.05) is 6.07 Å². The summed E-state index contributed by atoms with van der Waals surface area (Å²) in [4.78, 5) is 7.13. The fraction of sp³-hybridized carbons (Fsp3) is 0. The molecule has 2 rings (SSSR count). The van der Waals surface area contributed by atoms with E-state index >= 15 is 0 Å². The van der Waals surface area contributed by atoms with Gasteiger partial charge >= 0.3 is 0 Å². The van der Waals surface area contributed by atoms with Crippen molar-refractivity contribution in [1.29, 1.82) is 0 Å². The van der Waals surface area contributed by atoms with Crippen LogP contribution in [0.5, 0.6) is 0 Å². The van der Waals surface area contributed by atoms with Gasteiger partial charge in [0.2, 0.25) is 0 Å². The van der Waals surface area contributed by atoms with Crippen LogP contribution in [0.25, 0.3) is 16.7 Å². The number of H-pyrrole nitrogens is 1. The molecule has 0 saturated carbocycles. The molecule has 0 saturated heterocycles. The summed E-state index contributed by atoms with van der Waals surface area (Å²) in [5, 5.41) is 1.42. The second-order valence-corrected chi connectivity index (χ2v) is 3.19. The van der Waals surface area contributed by atoms with Crippen LogP contribution in [0.3, 0.4) is 0 Å². The highest BCUT2D eigenvalue weighted by atomic mass is 35.5. The third kappa shape index (κ3) is 1.20. The first-order chi connectivity index (χ1) is 6.74. The number of aromatic nitrogens is 2. The van der Waals surface area contributed by atoms with Crippen molar-refractivity contribution in [1.82, 2.24) is 9.97 Å². The zero-order valence-corrected chi connectivity index (χ0v) is 8.10. The Kier molecular flexibility index (Phi) is 2.04. The molecule has 0 aliphatic rings. The van der Waals surface area contributed by atoms with Crippen LogP contribution in [0.15, 0.2) is 30.8 Å². The predicted molar refractivity (Wildman–Crippen MR) is 57.8 cm³/mol. The molecule has 0 aliphatic carbocycles. The molecule has 70 valence electrons. The van der Waals surface area contributed by atoms with Crippen molar-refractivity contribution in [2.24, 2.45) is 5.73 Å². The topological polar surface area (TPSA) is 54.7 Å². The van der Waals surface area contributed by atoms with Gasteiger partial charge in [-0.05, 0) is 6.07 Å². The monoisotopic (exact) mass is 205 g/mol. The molecule has 0 bridgehead atoms.